The van der Waals surface area contributed by atoms with Crippen molar-refractivity contribution in [3.8, 4) is 0 Å². The molecular formula is C17H22Cl2IN5. The van der Waals surface area contributed by atoms with Crippen LogP contribution in [-0.4, -0.2) is 32.1 Å². The Balaban J connectivity index is 0.00000312. The first-order chi connectivity index (χ1) is 11.5. The van der Waals surface area contributed by atoms with E-state index in [1.165, 1.54) is 0 Å². The smallest absolute Gasteiger partial charge is 0.191 e. The molecule has 0 spiro atoms. The summed E-state index contributed by atoms with van der Waals surface area (Å²) in [5, 5.41) is 7.72. The van der Waals surface area contributed by atoms with Gasteiger partial charge in [-0.25, -0.2) is 4.98 Å². The summed E-state index contributed by atoms with van der Waals surface area (Å²) in [6.07, 6.45) is 0. The molecule has 1 heterocycles. The van der Waals surface area contributed by atoms with Crippen molar-refractivity contribution in [2.75, 3.05) is 26.0 Å². The zero-order chi connectivity index (χ0) is 17.5. The number of benzene rings is 1. The Morgan fingerprint density at radius 3 is 2.48 bits per heavy atom. The van der Waals surface area contributed by atoms with E-state index in [0.717, 1.165) is 17.1 Å². The van der Waals surface area contributed by atoms with Crippen LogP contribution in [-0.2, 0) is 13.1 Å². The molecule has 0 aliphatic carbocycles. The van der Waals surface area contributed by atoms with Crippen LogP contribution in [0.25, 0.3) is 0 Å². The Bertz CT molecular complexity index is 722. The van der Waals surface area contributed by atoms with Crippen molar-refractivity contribution in [1.82, 2.24) is 15.6 Å². The fourth-order valence-corrected chi connectivity index (χ4v) is 2.53. The molecule has 0 aliphatic heterocycles. The molecule has 0 saturated carbocycles. The van der Waals surface area contributed by atoms with Gasteiger partial charge in [0, 0.05) is 37.7 Å². The van der Waals surface area contributed by atoms with Crippen LogP contribution < -0.4 is 15.5 Å². The Morgan fingerprint density at radius 2 is 1.84 bits per heavy atom. The number of hydrogen-bond acceptors (Lipinski definition) is 3. The number of halogens is 3. The number of nitrogens with one attached hydrogen (secondary N) is 2. The number of pyridine rings is 1. The van der Waals surface area contributed by atoms with Crippen molar-refractivity contribution in [2.45, 2.75) is 13.1 Å². The molecular weight excluding hydrogens is 472 g/mol. The van der Waals surface area contributed by atoms with E-state index in [-0.39, 0.29) is 24.0 Å². The van der Waals surface area contributed by atoms with Crippen LogP contribution in [0.3, 0.4) is 0 Å². The van der Waals surface area contributed by atoms with E-state index in [9.17, 15) is 0 Å². The van der Waals surface area contributed by atoms with Crippen LogP contribution in [0.2, 0.25) is 10.0 Å². The van der Waals surface area contributed by atoms with Crippen molar-refractivity contribution in [2.24, 2.45) is 4.99 Å². The zero-order valence-electron chi connectivity index (χ0n) is 14.4. The molecule has 1 aromatic heterocycles. The minimum absolute atomic E-state index is 0. The van der Waals surface area contributed by atoms with Crippen LogP contribution in [0.5, 0.6) is 0 Å². The minimum atomic E-state index is 0. The number of hydrogen-bond donors (Lipinski definition) is 2. The first-order valence-corrected chi connectivity index (χ1v) is 8.27. The average molecular weight is 494 g/mol. The van der Waals surface area contributed by atoms with Crippen LogP contribution in [0.15, 0.2) is 41.4 Å². The van der Waals surface area contributed by atoms with Gasteiger partial charge >= 0.3 is 0 Å². The Kier molecular flexibility index (Phi) is 9.31. The molecule has 0 aliphatic rings. The highest BCUT2D eigenvalue weighted by atomic mass is 127. The minimum Gasteiger partial charge on any atom is -0.363 e. The van der Waals surface area contributed by atoms with E-state index in [1.54, 1.807) is 13.1 Å². The fraction of sp³-hybridized carbons (Fsp3) is 0.294. The van der Waals surface area contributed by atoms with Crippen molar-refractivity contribution < 1.29 is 0 Å². The third-order valence-electron chi connectivity index (χ3n) is 3.37. The summed E-state index contributed by atoms with van der Waals surface area (Å²) in [6.45, 7) is 1.14. The number of rotatable bonds is 5. The van der Waals surface area contributed by atoms with E-state index in [4.69, 9.17) is 23.2 Å². The monoisotopic (exact) mass is 493 g/mol. The molecule has 0 saturated heterocycles. The molecule has 2 aromatic rings. The van der Waals surface area contributed by atoms with Gasteiger partial charge in [0.25, 0.3) is 0 Å². The average Bonchev–Trinajstić information content (AvgIpc) is 2.56. The van der Waals surface area contributed by atoms with E-state index < -0.39 is 0 Å². The van der Waals surface area contributed by atoms with Gasteiger partial charge in [-0.05, 0) is 29.8 Å². The van der Waals surface area contributed by atoms with Crippen LogP contribution >= 0.6 is 47.2 Å². The lowest BCUT2D eigenvalue weighted by Crippen LogP contribution is -2.36. The molecule has 0 unspecified atom stereocenters. The summed E-state index contributed by atoms with van der Waals surface area (Å²) >= 11 is 12.1. The lowest BCUT2D eigenvalue weighted by atomic mass is 10.2. The summed E-state index contributed by atoms with van der Waals surface area (Å²) < 4.78 is 0. The van der Waals surface area contributed by atoms with Gasteiger partial charge < -0.3 is 15.5 Å². The number of nitrogens with zero attached hydrogens (tertiary/aromatic N) is 3. The lowest BCUT2D eigenvalue weighted by Gasteiger charge is -2.14. The first kappa shape index (κ1) is 21.8. The highest BCUT2D eigenvalue weighted by Crippen LogP contribution is 2.20. The predicted octanol–water partition coefficient (Wildman–Crippen LogP) is 3.94. The third kappa shape index (κ3) is 6.87. The molecule has 0 radical (unpaired) electrons. The standard InChI is InChI=1S/C17H21Cl2N5.HI/c1-20-17(21-10-12-7-8-13(18)9-15(12)19)22-11-14-5-4-6-16(23-14)24(2)3;/h4-9H,10-11H2,1-3H3,(H2,20,21,22);1H. The van der Waals surface area contributed by atoms with Crippen molar-refractivity contribution in [3.05, 3.63) is 57.7 Å². The second kappa shape index (κ2) is 10.7. The normalized spacial score (nSPS) is 10.8. The summed E-state index contributed by atoms with van der Waals surface area (Å²) in [6, 6.07) is 11.4. The van der Waals surface area contributed by atoms with Crippen molar-refractivity contribution >= 4 is 59.0 Å². The largest absolute Gasteiger partial charge is 0.363 e. The molecule has 2 rings (SSSR count). The quantitative estimate of drug-likeness (QED) is 0.376. The fourth-order valence-electron chi connectivity index (χ4n) is 2.05. The molecule has 0 fully saturated rings. The van der Waals surface area contributed by atoms with Crippen molar-refractivity contribution in [3.63, 3.8) is 0 Å². The molecule has 0 amide bonds. The predicted molar refractivity (Wildman–Crippen MR) is 117 cm³/mol. The third-order valence-corrected chi connectivity index (χ3v) is 3.96. The summed E-state index contributed by atoms with van der Waals surface area (Å²) in [5.41, 5.74) is 1.89. The zero-order valence-corrected chi connectivity index (χ0v) is 18.2. The second-order valence-electron chi connectivity index (χ2n) is 5.40. The van der Waals surface area contributed by atoms with E-state index in [2.05, 4.69) is 20.6 Å². The highest BCUT2D eigenvalue weighted by molar-refractivity contribution is 14.0. The van der Waals surface area contributed by atoms with Crippen LogP contribution in [0.1, 0.15) is 11.3 Å². The molecule has 0 atom stereocenters. The summed E-state index contributed by atoms with van der Waals surface area (Å²) in [5.74, 6) is 1.60. The maximum Gasteiger partial charge on any atom is 0.191 e. The van der Waals surface area contributed by atoms with Gasteiger partial charge in [0.2, 0.25) is 0 Å². The van der Waals surface area contributed by atoms with Gasteiger partial charge in [0.05, 0.1) is 12.2 Å². The lowest BCUT2D eigenvalue weighted by molar-refractivity contribution is 0.793. The van der Waals surface area contributed by atoms with E-state index in [1.807, 2.05) is 49.3 Å². The number of anilines is 1. The molecule has 25 heavy (non-hydrogen) atoms. The van der Waals surface area contributed by atoms with E-state index >= 15 is 0 Å². The first-order valence-electron chi connectivity index (χ1n) is 7.51. The van der Waals surface area contributed by atoms with Gasteiger partial charge in [-0.3, -0.25) is 4.99 Å². The van der Waals surface area contributed by atoms with Crippen molar-refractivity contribution in [1.29, 1.82) is 0 Å². The number of aliphatic imine (C=N–C) groups is 1. The van der Waals surface area contributed by atoms with Gasteiger partial charge in [0.15, 0.2) is 5.96 Å². The highest BCUT2D eigenvalue weighted by Gasteiger charge is 2.04. The molecule has 0 bridgehead atoms. The maximum atomic E-state index is 6.18. The number of aromatic nitrogens is 1. The molecule has 136 valence electrons. The van der Waals surface area contributed by atoms with Gasteiger partial charge in [0.1, 0.15) is 5.82 Å². The molecule has 8 heteroatoms. The van der Waals surface area contributed by atoms with Gasteiger partial charge in [-0.2, -0.15) is 0 Å². The maximum absolute atomic E-state index is 6.18. The topological polar surface area (TPSA) is 52.6 Å². The van der Waals surface area contributed by atoms with E-state index in [0.29, 0.717) is 29.1 Å². The van der Waals surface area contributed by atoms with Gasteiger partial charge in [-0.1, -0.05) is 35.3 Å². The SMILES string of the molecule is CN=C(NCc1cccc(N(C)C)n1)NCc1ccc(Cl)cc1Cl.I. The van der Waals surface area contributed by atoms with Crippen LogP contribution in [0.4, 0.5) is 5.82 Å². The molecule has 5 nitrogen and oxygen atoms in total. The number of guanidine groups is 1. The second-order valence-corrected chi connectivity index (χ2v) is 6.24. The molecule has 2 N–H and O–H groups in total. The molecule has 1 aromatic carbocycles. The summed E-state index contributed by atoms with van der Waals surface area (Å²) in [7, 11) is 5.66. The van der Waals surface area contributed by atoms with Crippen LogP contribution in [0, 0.1) is 0 Å². The Morgan fingerprint density at radius 1 is 1.12 bits per heavy atom. The van der Waals surface area contributed by atoms with Gasteiger partial charge in [-0.15, -0.1) is 24.0 Å². The Labute approximate surface area is 175 Å². The summed E-state index contributed by atoms with van der Waals surface area (Å²) in [4.78, 5) is 10.7. The Hall–Kier alpha value is -1.25.